The fourth-order valence-corrected chi connectivity index (χ4v) is 3.11. The minimum absolute atomic E-state index is 0.160. The molecule has 0 heterocycles. The van der Waals surface area contributed by atoms with Crippen molar-refractivity contribution < 1.29 is 19.8 Å². The molecule has 0 spiro atoms. The van der Waals surface area contributed by atoms with Gasteiger partial charge < -0.3 is 10.2 Å². The first-order valence-electron chi connectivity index (χ1n) is 10.0. The summed E-state index contributed by atoms with van der Waals surface area (Å²) < 4.78 is 0. The molecule has 4 heteroatoms. The highest BCUT2D eigenvalue weighted by Crippen LogP contribution is 2.19. The van der Waals surface area contributed by atoms with Crippen LogP contribution in [0.5, 0.6) is 0 Å². The third-order valence-corrected chi connectivity index (χ3v) is 4.70. The zero-order valence-corrected chi connectivity index (χ0v) is 15.6. The lowest BCUT2D eigenvalue weighted by atomic mass is 9.94. The topological polar surface area (TPSA) is 74.6 Å². The minimum atomic E-state index is -0.708. The maximum atomic E-state index is 11.3. The van der Waals surface area contributed by atoms with Crippen molar-refractivity contribution in [1.82, 2.24) is 0 Å². The molecular formula is C20H38O4. The number of carbonyl (C=O) groups is 2. The molecule has 1 unspecified atom stereocenters. The second-order valence-electron chi connectivity index (χ2n) is 7.00. The Labute approximate surface area is 148 Å². The van der Waals surface area contributed by atoms with Crippen LogP contribution in [0.25, 0.3) is 0 Å². The van der Waals surface area contributed by atoms with E-state index in [1.807, 2.05) is 0 Å². The molecule has 0 aliphatic carbocycles. The Morgan fingerprint density at radius 1 is 0.667 bits per heavy atom. The third-order valence-electron chi connectivity index (χ3n) is 4.70. The SMILES string of the molecule is CCCCCCCCC(CCCCCCCCCC(=O)O)C(=O)O. The molecule has 0 saturated carbocycles. The van der Waals surface area contributed by atoms with Crippen molar-refractivity contribution in [3.63, 3.8) is 0 Å². The van der Waals surface area contributed by atoms with Crippen LogP contribution in [0.15, 0.2) is 0 Å². The summed E-state index contributed by atoms with van der Waals surface area (Å²) in [5.74, 6) is -1.50. The fraction of sp³-hybridized carbons (Fsp3) is 0.900. The number of hydrogen-bond donors (Lipinski definition) is 2. The summed E-state index contributed by atoms with van der Waals surface area (Å²) in [5, 5.41) is 17.9. The van der Waals surface area contributed by atoms with E-state index in [0.717, 1.165) is 64.2 Å². The number of carboxylic acids is 2. The molecule has 0 aromatic rings. The van der Waals surface area contributed by atoms with Gasteiger partial charge in [0.15, 0.2) is 0 Å². The normalized spacial score (nSPS) is 12.2. The predicted molar refractivity (Wildman–Crippen MR) is 98.3 cm³/mol. The van der Waals surface area contributed by atoms with Crippen LogP contribution in [-0.4, -0.2) is 22.2 Å². The summed E-state index contributed by atoms with van der Waals surface area (Å²) in [7, 11) is 0. The van der Waals surface area contributed by atoms with Crippen LogP contribution in [0.2, 0.25) is 0 Å². The van der Waals surface area contributed by atoms with Crippen LogP contribution in [0, 0.1) is 5.92 Å². The first kappa shape index (κ1) is 22.9. The smallest absolute Gasteiger partial charge is 0.306 e. The molecule has 0 aliphatic heterocycles. The van der Waals surface area contributed by atoms with E-state index in [9.17, 15) is 14.7 Å². The van der Waals surface area contributed by atoms with Gasteiger partial charge in [0.2, 0.25) is 0 Å². The minimum Gasteiger partial charge on any atom is -0.481 e. The molecule has 0 saturated heterocycles. The molecule has 0 radical (unpaired) electrons. The Morgan fingerprint density at radius 2 is 1.08 bits per heavy atom. The number of carboxylic acid groups (broad SMARTS) is 2. The molecular weight excluding hydrogens is 304 g/mol. The lowest BCUT2D eigenvalue weighted by molar-refractivity contribution is -0.142. The monoisotopic (exact) mass is 342 g/mol. The molecule has 0 fully saturated rings. The molecule has 0 bridgehead atoms. The van der Waals surface area contributed by atoms with Gasteiger partial charge in [0.25, 0.3) is 0 Å². The Kier molecular flexibility index (Phi) is 16.0. The lowest BCUT2D eigenvalue weighted by Crippen LogP contribution is -2.13. The first-order chi connectivity index (χ1) is 11.6. The molecule has 0 aromatic carbocycles. The fourth-order valence-electron chi connectivity index (χ4n) is 3.11. The summed E-state index contributed by atoms with van der Waals surface area (Å²) in [4.78, 5) is 21.7. The van der Waals surface area contributed by atoms with E-state index in [4.69, 9.17) is 5.11 Å². The van der Waals surface area contributed by atoms with Crippen molar-refractivity contribution in [3.05, 3.63) is 0 Å². The van der Waals surface area contributed by atoms with E-state index in [1.165, 1.54) is 32.1 Å². The molecule has 1 atom stereocenters. The Bertz CT molecular complexity index is 315. The van der Waals surface area contributed by atoms with Crippen molar-refractivity contribution in [3.8, 4) is 0 Å². The molecule has 0 rings (SSSR count). The van der Waals surface area contributed by atoms with E-state index in [2.05, 4.69) is 6.92 Å². The highest BCUT2D eigenvalue weighted by Gasteiger charge is 2.16. The molecule has 0 aliphatic rings. The number of unbranched alkanes of at least 4 members (excludes halogenated alkanes) is 11. The van der Waals surface area contributed by atoms with Crippen LogP contribution in [0.1, 0.15) is 110 Å². The summed E-state index contributed by atoms with van der Waals surface area (Å²) >= 11 is 0. The molecule has 0 amide bonds. The van der Waals surface area contributed by atoms with Gasteiger partial charge in [-0.25, -0.2) is 0 Å². The van der Waals surface area contributed by atoms with Crippen molar-refractivity contribution in [2.24, 2.45) is 5.92 Å². The van der Waals surface area contributed by atoms with Crippen LogP contribution >= 0.6 is 0 Å². The predicted octanol–water partition coefficient (Wildman–Crippen LogP) is 6.03. The summed E-state index contributed by atoms with van der Waals surface area (Å²) in [6.07, 6.45) is 16.4. The second kappa shape index (κ2) is 16.8. The summed E-state index contributed by atoms with van der Waals surface area (Å²) in [6, 6.07) is 0. The van der Waals surface area contributed by atoms with Gasteiger partial charge in [-0.05, 0) is 19.3 Å². The van der Waals surface area contributed by atoms with Crippen LogP contribution in [0.3, 0.4) is 0 Å². The largest absolute Gasteiger partial charge is 0.481 e. The number of hydrogen-bond acceptors (Lipinski definition) is 2. The van der Waals surface area contributed by atoms with E-state index in [1.54, 1.807) is 0 Å². The summed E-state index contributed by atoms with van der Waals surface area (Å²) in [5.41, 5.74) is 0. The summed E-state index contributed by atoms with van der Waals surface area (Å²) in [6.45, 7) is 2.20. The van der Waals surface area contributed by atoms with Crippen molar-refractivity contribution >= 4 is 11.9 Å². The van der Waals surface area contributed by atoms with Crippen molar-refractivity contribution in [2.45, 2.75) is 110 Å². The molecule has 4 nitrogen and oxygen atoms in total. The lowest BCUT2D eigenvalue weighted by Gasteiger charge is -2.12. The van der Waals surface area contributed by atoms with Gasteiger partial charge in [0.05, 0.1) is 5.92 Å². The Morgan fingerprint density at radius 3 is 1.50 bits per heavy atom. The van der Waals surface area contributed by atoms with Crippen LogP contribution in [-0.2, 0) is 9.59 Å². The van der Waals surface area contributed by atoms with Gasteiger partial charge in [-0.3, -0.25) is 9.59 Å². The Balaban J connectivity index is 3.50. The van der Waals surface area contributed by atoms with Crippen LogP contribution < -0.4 is 0 Å². The molecule has 0 aromatic heterocycles. The van der Waals surface area contributed by atoms with Gasteiger partial charge >= 0.3 is 11.9 Å². The van der Waals surface area contributed by atoms with E-state index < -0.39 is 11.9 Å². The van der Waals surface area contributed by atoms with Gasteiger partial charge in [0, 0.05) is 6.42 Å². The van der Waals surface area contributed by atoms with Crippen molar-refractivity contribution in [1.29, 1.82) is 0 Å². The Hall–Kier alpha value is -1.06. The van der Waals surface area contributed by atoms with Gasteiger partial charge in [0.1, 0.15) is 0 Å². The zero-order chi connectivity index (χ0) is 18.0. The quantitative estimate of drug-likeness (QED) is 0.298. The van der Waals surface area contributed by atoms with Crippen LogP contribution in [0.4, 0.5) is 0 Å². The van der Waals surface area contributed by atoms with Gasteiger partial charge in [-0.1, -0.05) is 84.0 Å². The van der Waals surface area contributed by atoms with E-state index in [0.29, 0.717) is 0 Å². The van der Waals surface area contributed by atoms with E-state index >= 15 is 0 Å². The average Bonchev–Trinajstić information content (AvgIpc) is 2.53. The zero-order valence-electron chi connectivity index (χ0n) is 15.6. The number of aliphatic carboxylic acids is 2. The first-order valence-corrected chi connectivity index (χ1v) is 10.0. The molecule has 142 valence electrons. The standard InChI is InChI=1S/C20H38O4/c1-2-3-4-5-9-12-15-18(20(23)24)16-13-10-7-6-8-11-14-17-19(21)22/h18H,2-17H2,1H3,(H,21,22)(H,23,24). The van der Waals surface area contributed by atoms with Gasteiger partial charge in [-0.2, -0.15) is 0 Å². The maximum Gasteiger partial charge on any atom is 0.306 e. The molecule has 2 N–H and O–H groups in total. The van der Waals surface area contributed by atoms with Gasteiger partial charge in [-0.15, -0.1) is 0 Å². The van der Waals surface area contributed by atoms with E-state index in [-0.39, 0.29) is 12.3 Å². The molecule has 24 heavy (non-hydrogen) atoms. The highest BCUT2D eigenvalue weighted by molar-refractivity contribution is 5.69. The third kappa shape index (κ3) is 15.8. The number of rotatable bonds is 18. The second-order valence-corrected chi connectivity index (χ2v) is 7.00. The maximum absolute atomic E-state index is 11.3. The average molecular weight is 343 g/mol. The van der Waals surface area contributed by atoms with Crippen molar-refractivity contribution in [2.75, 3.05) is 0 Å². The highest BCUT2D eigenvalue weighted by atomic mass is 16.4.